The molecule has 2 atom stereocenters. The topological polar surface area (TPSA) is 59.2 Å². The summed E-state index contributed by atoms with van der Waals surface area (Å²) >= 11 is 0. The summed E-state index contributed by atoms with van der Waals surface area (Å²) < 4.78 is 42.9. The van der Waals surface area contributed by atoms with Crippen LogP contribution in [0.15, 0.2) is 4.52 Å². The molecule has 0 aromatic carbocycles. The van der Waals surface area contributed by atoms with Crippen molar-refractivity contribution in [3.8, 4) is 0 Å². The van der Waals surface area contributed by atoms with E-state index in [1.54, 1.807) is 4.90 Å². The highest BCUT2D eigenvalue weighted by atomic mass is 19.4. The zero-order valence-electron chi connectivity index (χ0n) is 12.6. The second-order valence-corrected chi connectivity index (χ2v) is 6.99. The van der Waals surface area contributed by atoms with Gasteiger partial charge in [0.1, 0.15) is 0 Å². The Kier molecular flexibility index (Phi) is 3.39. The molecule has 1 amide bonds. The molecule has 1 aliphatic carbocycles. The molecule has 126 valence electrons. The molecule has 3 heterocycles. The number of fused-ring (bicyclic) bond motifs is 2. The number of halogens is 3. The van der Waals surface area contributed by atoms with Crippen molar-refractivity contribution in [1.82, 2.24) is 15.0 Å². The third-order valence-corrected chi connectivity index (χ3v) is 5.15. The molecule has 0 spiro atoms. The molecule has 3 aliphatic rings. The molecule has 2 saturated heterocycles. The number of hydrogen-bond donors (Lipinski definition) is 0. The highest BCUT2D eigenvalue weighted by molar-refractivity contribution is 5.90. The van der Waals surface area contributed by atoms with Crippen molar-refractivity contribution >= 4 is 5.91 Å². The number of alkyl halides is 3. The lowest BCUT2D eigenvalue weighted by Gasteiger charge is -2.38. The number of hydrogen-bond acceptors (Lipinski definition) is 4. The smallest absolute Gasteiger partial charge is 0.329 e. The van der Waals surface area contributed by atoms with Gasteiger partial charge in [-0.1, -0.05) is 5.16 Å². The third kappa shape index (κ3) is 2.95. The summed E-state index contributed by atoms with van der Waals surface area (Å²) in [5.41, 5.74) is 0. The Morgan fingerprint density at radius 2 is 1.83 bits per heavy atom. The van der Waals surface area contributed by atoms with Gasteiger partial charge in [0.2, 0.25) is 0 Å². The summed E-state index contributed by atoms with van der Waals surface area (Å²) in [7, 11) is 0. The van der Waals surface area contributed by atoms with Crippen molar-refractivity contribution in [2.75, 3.05) is 0 Å². The van der Waals surface area contributed by atoms with Crippen molar-refractivity contribution in [3.05, 3.63) is 11.7 Å². The van der Waals surface area contributed by atoms with Gasteiger partial charge < -0.3 is 9.42 Å². The van der Waals surface area contributed by atoms with Crippen molar-refractivity contribution in [2.45, 2.75) is 69.1 Å². The van der Waals surface area contributed by atoms with E-state index in [0.717, 1.165) is 25.7 Å². The largest absolute Gasteiger partial charge is 0.389 e. The zero-order chi connectivity index (χ0) is 16.2. The predicted molar refractivity (Wildman–Crippen MR) is 72.6 cm³/mol. The first-order chi connectivity index (χ1) is 10.9. The molecule has 8 heteroatoms. The van der Waals surface area contributed by atoms with Crippen LogP contribution in [-0.4, -0.2) is 39.2 Å². The second-order valence-electron chi connectivity index (χ2n) is 6.99. The summed E-state index contributed by atoms with van der Waals surface area (Å²) in [6.45, 7) is 0. The number of aromatic nitrogens is 2. The van der Waals surface area contributed by atoms with Crippen LogP contribution in [0.3, 0.4) is 0 Å². The standard InChI is InChI=1S/C15H18F3N3O2/c16-15(17,18)7-8-5-10-3-4-11(6-8)21(10)14(22)13-19-12(20-23-13)9-1-2-9/h8-11H,1-7H2. The predicted octanol–water partition coefficient (Wildman–Crippen LogP) is 3.28. The number of amides is 1. The highest BCUT2D eigenvalue weighted by Crippen LogP contribution is 2.43. The first-order valence-electron chi connectivity index (χ1n) is 8.14. The number of carbonyl (C=O) groups is 1. The quantitative estimate of drug-likeness (QED) is 0.854. The SMILES string of the molecule is O=C(c1nc(C2CC2)no1)N1C2CCC1CC(CC(F)(F)F)C2. The van der Waals surface area contributed by atoms with Crippen LogP contribution < -0.4 is 0 Å². The summed E-state index contributed by atoms with van der Waals surface area (Å²) in [5.74, 6) is 0.156. The first-order valence-corrected chi connectivity index (χ1v) is 8.14. The van der Waals surface area contributed by atoms with E-state index in [2.05, 4.69) is 10.1 Å². The van der Waals surface area contributed by atoms with Crippen molar-refractivity contribution in [3.63, 3.8) is 0 Å². The van der Waals surface area contributed by atoms with Gasteiger partial charge in [0, 0.05) is 24.4 Å². The van der Waals surface area contributed by atoms with Gasteiger partial charge in [-0.25, -0.2) is 0 Å². The van der Waals surface area contributed by atoms with Crippen LogP contribution in [0, 0.1) is 5.92 Å². The van der Waals surface area contributed by atoms with Crippen molar-refractivity contribution in [2.24, 2.45) is 5.92 Å². The van der Waals surface area contributed by atoms with Crippen LogP contribution in [0.1, 0.15) is 67.4 Å². The van der Waals surface area contributed by atoms with Crippen LogP contribution >= 0.6 is 0 Å². The Labute approximate surface area is 131 Å². The van der Waals surface area contributed by atoms with Gasteiger partial charge in [0.05, 0.1) is 0 Å². The van der Waals surface area contributed by atoms with Crippen molar-refractivity contribution in [1.29, 1.82) is 0 Å². The van der Waals surface area contributed by atoms with Crippen molar-refractivity contribution < 1.29 is 22.5 Å². The molecule has 1 aromatic heterocycles. The van der Waals surface area contributed by atoms with E-state index in [-0.39, 0.29) is 29.8 Å². The summed E-state index contributed by atoms with van der Waals surface area (Å²) in [6, 6.07) is -0.269. The van der Waals surface area contributed by atoms with Crippen LogP contribution in [0.25, 0.3) is 0 Å². The number of piperidine rings is 1. The molecule has 2 unspecified atom stereocenters. The van der Waals surface area contributed by atoms with Crippen LogP contribution in [-0.2, 0) is 0 Å². The fourth-order valence-electron chi connectivity index (χ4n) is 4.05. The van der Waals surface area contributed by atoms with Crippen LogP contribution in [0.4, 0.5) is 13.2 Å². The van der Waals surface area contributed by atoms with E-state index in [9.17, 15) is 18.0 Å². The molecular formula is C15H18F3N3O2. The highest BCUT2D eigenvalue weighted by Gasteiger charge is 2.47. The van der Waals surface area contributed by atoms with Gasteiger partial charge in [0.15, 0.2) is 5.82 Å². The number of rotatable bonds is 3. The maximum Gasteiger partial charge on any atom is 0.389 e. The summed E-state index contributed by atoms with van der Waals surface area (Å²) in [6.07, 6.45) is -0.529. The van der Waals surface area contributed by atoms with E-state index in [0.29, 0.717) is 24.6 Å². The first kappa shape index (κ1) is 15.0. The minimum absolute atomic E-state index is 0.0157. The molecular weight excluding hydrogens is 311 g/mol. The van der Waals surface area contributed by atoms with Gasteiger partial charge in [0.25, 0.3) is 0 Å². The monoisotopic (exact) mass is 329 g/mol. The minimum atomic E-state index is -4.14. The molecule has 23 heavy (non-hydrogen) atoms. The van der Waals surface area contributed by atoms with Gasteiger partial charge in [-0.15, -0.1) is 0 Å². The Morgan fingerprint density at radius 1 is 1.17 bits per heavy atom. The molecule has 1 aromatic rings. The Balaban J connectivity index is 1.46. The van der Waals surface area contributed by atoms with Gasteiger partial charge in [-0.3, -0.25) is 4.79 Å². The average Bonchev–Trinajstić information content (AvgIpc) is 3.13. The number of nitrogens with zero attached hydrogens (tertiary/aromatic N) is 3. The third-order valence-electron chi connectivity index (χ3n) is 5.15. The molecule has 3 fully saturated rings. The molecule has 2 aliphatic heterocycles. The zero-order valence-corrected chi connectivity index (χ0v) is 12.6. The molecule has 2 bridgehead atoms. The van der Waals surface area contributed by atoms with E-state index < -0.39 is 12.6 Å². The normalized spacial score (nSPS) is 30.7. The Bertz CT molecular complexity index is 597. The fourth-order valence-corrected chi connectivity index (χ4v) is 4.05. The van der Waals surface area contributed by atoms with E-state index in [4.69, 9.17) is 4.52 Å². The van der Waals surface area contributed by atoms with Gasteiger partial charge in [-0.05, 0) is 44.4 Å². The lowest BCUT2D eigenvalue weighted by Crippen LogP contribution is -2.47. The molecule has 4 rings (SSSR count). The maximum atomic E-state index is 12.6. The van der Waals surface area contributed by atoms with Crippen LogP contribution in [0.2, 0.25) is 0 Å². The van der Waals surface area contributed by atoms with Gasteiger partial charge in [-0.2, -0.15) is 18.2 Å². The maximum absolute atomic E-state index is 12.6. The fraction of sp³-hybridized carbons (Fsp3) is 0.800. The van der Waals surface area contributed by atoms with Gasteiger partial charge >= 0.3 is 18.0 Å². The van der Waals surface area contributed by atoms with E-state index in [1.165, 1.54) is 0 Å². The minimum Gasteiger partial charge on any atom is -0.329 e. The lowest BCUT2D eigenvalue weighted by molar-refractivity contribution is -0.148. The number of carbonyl (C=O) groups excluding carboxylic acids is 1. The summed E-state index contributed by atoms with van der Waals surface area (Å²) in [4.78, 5) is 18.5. The Morgan fingerprint density at radius 3 is 2.39 bits per heavy atom. The molecule has 0 N–H and O–H groups in total. The second kappa shape index (κ2) is 5.21. The molecule has 5 nitrogen and oxygen atoms in total. The van der Waals surface area contributed by atoms with E-state index in [1.807, 2.05) is 0 Å². The lowest BCUT2D eigenvalue weighted by atomic mass is 9.88. The Hall–Kier alpha value is -1.60. The van der Waals surface area contributed by atoms with Crippen LogP contribution in [0.5, 0.6) is 0 Å². The van der Waals surface area contributed by atoms with E-state index >= 15 is 0 Å². The average molecular weight is 329 g/mol. The summed E-state index contributed by atoms with van der Waals surface area (Å²) in [5, 5.41) is 3.85. The molecule has 0 radical (unpaired) electrons. The molecule has 1 saturated carbocycles.